The smallest absolute Gasteiger partial charge is 0.240 e. The van der Waals surface area contributed by atoms with E-state index in [2.05, 4.69) is 30.8 Å². The molecule has 1 aromatic carbocycles. The molecule has 114 valence electrons. The molecule has 4 N–H and O–H groups in total. The number of hydrogen-bond acceptors (Lipinski definition) is 4. The van der Waals surface area contributed by atoms with Crippen molar-refractivity contribution in [3.63, 3.8) is 0 Å². The van der Waals surface area contributed by atoms with Crippen molar-refractivity contribution < 1.29 is 8.42 Å². The molecule has 0 bridgehead atoms. The second-order valence-corrected chi connectivity index (χ2v) is 7.19. The van der Waals surface area contributed by atoms with Gasteiger partial charge in [0.15, 0.2) is 0 Å². The molecule has 0 spiro atoms. The van der Waals surface area contributed by atoms with E-state index < -0.39 is 10.0 Å². The molecule has 0 fully saturated rings. The number of benzene rings is 1. The zero-order valence-corrected chi connectivity index (χ0v) is 13.4. The zero-order valence-electron chi connectivity index (χ0n) is 12.6. The highest BCUT2D eigenvalue weighted by molar-refractivity contribution is 7.89. The SMILES string of the molecule is CCNS(=O)(=O)c1ccc(N)c(NC(C)CC(C)C)c1. The van der Waals surface area contributed by atoms with Crippen molar-refractivity contribution in [3.8, 4) is 0 Å². The molecule has 0 heterocycles. The van der Waals surface area contributed by atoms with Crippen molar-refractivity contribution in [1.82, 2.24) is 4.72 Å². The molecule has 0 aliphatic heterocycles. The normalized spacial score (nSPS) is 13.4. The van der Waals surface area contributed by atoms with E-state index in [0.29, 0.717) is 23.8 Å². The Labute approximate surface area is 122 Å². The van der Waals surface area contributed by atoms with Crippen LogP contribution in [0.15, 0.2) is 23.1 Å². The highest BCUT2D eigenvalue weighted by atomic mass is 32.2. The van der Waals surface area contributed by atoms with Crippen molar-refractivity contribution >= 4 is 21.4 Å². The molecule has 1 rings (SSSR count). The molecule has 0 aliphatic carbocycles. The molecule has 0 saturated heterocycles. The minimum absolute atomic E-state index is 0.229. The van der Waals surface area contributed by atoms with Crippen molar-refractivity contribution in [1.29, 1.82) is 0 Å². The van der Waals surface area contributed by atoms with Crippen molar-refractivity contribution in [2.45, 2.75) is 45.1 Å². The van der Waals surface area contributed by atoms with Gasteiger partial charge >= 0.3 is 0 Å². The van der Waals surface area contributed by atoms with Gasteiger partial charge in [-0.1, -0.05) is 20.8 Å². The van der Waals surface area contributed by atoms with Gasteiger partial charge < -0.3 is 11.1 Å². The van der Waals surface area contributed by atoms with Gasteiger partial charge in [-0.05, 0) is 37.5 Å². The number of anilines is 2. The summed E-state index contributed by atoms with van der Waals surface area (Å²) in [6.07, 6.45) is 0.990. The summed E-state index contributed by atoms with van der Waals surface area (Å²) < 4.78 is 26.4. The molecule has 0 amide bonds. The quantitative estimate of drug-likeness (QED) is 0.675. The zero-order chi connectivity index (χ0) is 15.3. The lowest BCUT2D eigenvalue weighted by atomic mass is 10.0. The lowest BCUT2D eigenvalue weighted by molar-refractivity contribution is 0.539. The number of nitrogen functional groups attached to an aromatic ring is 1. The van der Waals surface area contributed by atoms with Gasteiger partial charge in [-0.25, -0.2) is 13.1 Å². The van der Waals surface area contributed by atoms with Gasteiger partial charge in [0.05, 0.1) is 16.3 Å². The molecule has 1 unspecified atom stereocenters. The Morgan fingerprint density at radius 3 is 2.45 bits per heavy atom. The Balaban J connectivity index is 2.98. The molecule has 1 aromatic rings. The van der Waals surface area contributed by atoms with E-state index in [4.69, 9.17) is 5.73 Å². The van der Waals surface area contributed by atoms with Crippen LogP contribution in [0.25, 0.3) is 0 Å². The van der Waals surface area contributed by atoms with Crippen LogP contribution in [0, 0.1) is 5.92 Å². The van der Waals surface area contributed by atoms with Gasteiger partial charge in [0.1, 0.15) is 0 Å². The van der Waals surface area contributed by atoms with E-state index >= 15 is 0 Å². The third-order valence-corrected chi connectivity index (χ3v) is 4.44. The number of nitrogens with two attached hydrogens (primary N) is 1. The van der Waals surface area contributed by atoms with E-state index in [1.807, 2.05) is 0 Å². The Bertz CT molecular complexity index is 541. The van der Waals surface area contributed by atoms with Gasteiger partial charge in [0, 0.05) is 12.6 Å². The van der Waals surface area contributed by atoms with E-state index in [1.54, 1.807) is 19.1 Å². The first-order chi connectivity index (χ1) is 9.26. The first-order valence-electron chi connectivity index (χ1n) is 6.92. The fourth-order valence-corrected chi connectivity index (χ4v) is 3.20. The van der Waals surface area contributed by atoms with Crippen molar-refractivity contribution in [3.05, 3.63) is 18.2 Å². The molecule has 20 heavy (non-hydrogen) atoms. The first-order valence-corrected chi connectivity index (χ1v) is 8.40. The van der Waals surface area contributed by atoms with Gasteiger partial charge in [0.2, 0.25) is 10.0 Å². The highest BCUT2D eigenvalue weighted by Gasteiger charge is 2.15. The molecular formula is C14H25N3O2S. The van der Waals surface area contributed by atoms with E-state index in [0.717, 1.165) is 6.42 Å². The number of sulfonamides is 1. The predicted molar refractivity (Wildman–Crippen MR) is 84.3 cm³/mol. The summed E-state index contributed by atoms with van der Waals surface area (Å²) in [5.41, 5.74) is 7.12. The molecule has 5 nitrogen and oxygen atoms in total. The lowest BCUT2D eigenvalue weighted by Crippen LogP contribution is -2.24. The van der Waals surface area contributed by atoms with Crippen LogP contribution in [-0.4, -0.2) is 21.0 Å². The largest absolute Gasteiger partial charge is 0.397 e. The fourth-order valence-electron chi connectivity index (χ4n) is 2.13. The van der Waals surface area contributed by atoms with Crippen LogP contribution in [0.1, 0.15) is 34.1 Å². The maximum absolute atomic E-state index is 12.0. The van der Waals surface area contributed by atoms with Crippen LogP contribution in [0.3, 0.4) is 0 Å². The van der Waals surface area contributed by atoms with Crippen LogP contribution in [0.2, 0.25) is 0 Å². The number of hydrogen-bond donors (Lipinski definition) is 3. The number of rotatable bonds is 7. The van der Waals surface area contributed by atoms with Gasteiger partial charge in [0.25, 0.3) is 0 Å². The van der Waals surface area contributed by atoms with Crippen LogP contribution in [0.5, 0.6) is 0 Å². The molecule has 0 aliphatic rings. The van der Waals surface area contributed by atoms with Crippen LogP contribution in [-0.2, 0) is 10.0 Å². The second kappa shape index (κ2) is 6.95. The van der Waals surface area contributed by atoms with Gasteiger partial charge in [-0.2, -0.15) is 0 Å². The molecule has 1 atom stereocenters. The van der Waals surface area contributed by atoms with E-state index in [1.165, 1.54) is 6.07 Å². The fraction of sp³-hybridized carbons (Fsp3) is 0.571. The van der Waals surface area contributed by atoms with Gasteiger partial charge in [-0.3, -0.25) is 0 Å². The summed E-state index contributed by atoms with van der Waals surface area (Å²) in [4.78, 5) is 0.229. The van der Waals surface area contributed by atoms with Gasteiger partial charge in [-0.15, -0.1) is 0 Å². The lowest BCUT2D eigenvalue weighted by Gasteiger charge is -2.19. The summed E-state index contributed by atoms with van der Waals surface area (Å²) >= 11 is 0. The Morgan fingerprint density at radius 2 is 1.90 bits per heavy atom. The second-order valence-electron chi connectivity index (χ2n) is 5.43. The Morgan fingerprint density at radius 1 is 1.25 bits per heavy atom. The number of nitrogens with one attached hydrogen (secondary N) is 2. The molecular weight excluding hydrogens is 274 g/mol. The topological polar surface area (TPSA) is 84.2 Å². The van der Waals surface area contributed by atoms with Crippen molar-refractivity contribution in [2.24, 2.45) is 5.92 Å². The summed E-state index contributed by atoms with van der Waals surface area (Å²) in [5, 5.41) is 3.28. The summed E-state index contributed by atoms with van der Waals surface area (Å²) in [6, 6.07) is 4.96. The maximum Gasteiger partial charge on any atom is 0.240 e. The van der Waals surface area contributed by atoms with E-state index in [9.17, 15) is 8.42 Å². The van der Waals surface area contributed by atoms with E-state index in [-0.39, 0.29) is 10.9 Å². The average Bonchev–Trinajstić information content (AvgIpc) is 2.30. The van der Waals surface area contributed by atoms with Crippen LogP contribution in [0.4, 0.5) is 11.4 Å². The molecule has 0 radical (unpaired) electrons. The monoisotopic (exact) mass is 299 g/mol. The first kappa shape index (κ1) is 16.8. The average molecular weight is 299 g/mol. The summed E-state index contributed by atoms with van der Waals surface area (Å²) in [6.45, 7) is 8.46. The molecule has 0 aromatic heterocycles. The maximum atomic E-state index is 12.0. The Kier molecular flexibility index (Phi) is 5.83. The molecule has 0 saturated carbocycles. The molecule has 6 heteroatoms. The van der Waals surface area contributed by atoms with Crippen molar-refractivity contribution in [2.75, 3.05) is 17.6 Å². The van der Waals surface area contributed by atoms with Crippen LogP contribution < -0.4 is 15.8 Å². The third-order valence-electron chi connectivity index (χ3n) is 2.90. The van der Waals surface area contributed by atoms with Crippen LogP contribution >= 0.6 is 0 Å². The Hall–Kier alpha value is -1.27. The summed E-state index contributed by atoms with van der Waals surface area (Å²) in [5.74, 6) is 0.562. The predicted octanol–water partition coefficient (Wildman–Crippen LogP) is 2.41. The third kappa shape index (κ3) is 4.68. The highest BCUT2D eigenvalue weighted by Crippen LogP contribution is 2.24. The minimum Gasteiger partial charge on any atom is -0.397 e. The standard InChI is InChI=1S/C14H25N3O2S/c1-5-16-20(18,19)12-6-7-13(15)14(9-12)17-11(4)8-10(2)3/h6-7,9-11,16-17H,5,8,15H2,1-4H3. The minimum atomic E-state index is -3.45. The summed E-state index contributed by atoms with van der Waals surface area (Å²) in [7, 11) is -3.45.